The number of hydrogen-bond acceptors (Lipinski definition) is 2. The van der Waals surface area contributed by atoms with E-state index in [2.05, 4.69) is 217 Å². The molecular formula is C54H37NO. The molecule has 10 rings (SSSR count). The number of furan rings is 1. The Morgan fingerprint density at radius 2 is 0.768 bits per heavy atom. The lowest BCUT2D eigenvalue weighted by molar-refractivity contribution is 0.631. The van der Waals surface area contributed by atoms with Gasteiger partial charge in [-0.2, -0.15) is 0 Å². The fourth-order valence-corrected chi connectivity index (χ4v) is 7.94. The number of anilines is 3. The second-order valence-electron chi connectivity index (χ2n) is 14.1. The van der Waals surface area contributed by atoms with Crippen molar-refractivity contribution in [2.75, 3.05) is 4.90 Å². The Labute approximate surface area is 327 Å². The Bertz CT molecular complexity index is 2900. The highest BCUT2D eigenvalue weighted by Crippen LogP contribution is 2.43. The summed E-state index contributed by atoms with van der Waals surface area (Å²) in [5.41, 5.74) is 14.6. The third-order valence-electron chi connectivity index (χ3n) is 10.7. The van der Waals surface area contributed by atoms with Crippen molar-refractivity contribution in [1.29, 1.82) is 0 Å². The molecule has 0 N–H and O–H groups in total. The van der Waals surface area contributed by atoms with E-state index in [1.54, 1.807) is 0 Å². The van der Waals surface area contributed by atoms with Gasteiger partial charge in [0.15, 0.2) is 0 Å². The molecule has 0 spiro atoms. The molecule has 10 aromatic rings. The minimum absolute atomic E-state index is 0.836. The van der Waals surface area contributed by atoms with Crippen molar-refractivity contribution in [3.05, 3.63) is 224 Å². The lowest BCUT2D eigenvalue weighted by atomic mass is 9.94. The summed E-state index contributed by atoms with van der Waals surface area (Å²) in [5, 5.41) is 3.60. The van der Waals surface area contributed by atoms with E-state index in [-0.39, 0.29) is 0 Å². The van der Waals surface area contributed by atoms with Crippen molar-refractivity contribution in [3.63, 3.8) is 0 Å². The van der Waals surface area contributed by atoms with E-state index >= 15 is 0 Å². The molecule has 0 aliphatic rings. The van der Waals surface area contributed by atoms with E-state index < -0.39 is 0 Å². The average Bonchev–Trinajstić information content (AvgIpc) is 3.72. The van der Waals surface area contributed by atoms with Gasteiger partial charge < -0.3 is 9.32 Å². The van der Waals surface area contributed by atoms with Crippen molar-refractivity contribution in [3.8, 4) is 55.8 Å². The first kappa shape index (κ1) is 33.2. The number of hydrogen-bond donors (Lipinski definition) is 0. The lowest BCUT2D eigenvalue weighted by Crippen LogP contribution is -2.11. The normalized spacial score (nSPS) is 11.2. The van der Waals surface area contributed by atoms with E-state index in [4.69, 9.17) is 4.42 Å². The molecule has 0 fully saturated rings. The SMILES string of the molecule is c1ccc(-c2ccccc2-c2ccc(N(c3ccc(-c4ccc(-c5cccc6ccccc56)cc4)cc3)c3ccccc3-c3cc4ccccc4o3)cc2)cc1. The van der Waals surface area contributed by atoms with Crippen LogP contribution in [0.15, 0.2) is 229 Å². The summed E-state index contributed by atoms with van der Waals surface area (Å²) in [7, 11) is 0. The van der Waals surface area contributed by atoms with E-state index in [9.17, 15) is 0 Å². The Balaban J connectivity index is 1.04. The maximum atomic E-state index is 6.46. The topological polar surface area (TPSA) is 16.4 Å². The maximum Gasteiger partial charge on any atom is 0.137 e. The Morgan fingerprint density at radius 3 is 1.46 bits per heavy atom. The van der Waals surface area contributed by atoms with Gasteiger partial charge in [0, 0.05) is 22.3 Å². The van der Waals surface area contributed by atoms with Gasteiger partial charge in [0.2, 0.25) is 0 Å². The van der Waals surface area contributed by atoms with Crippen LogP contribution in [0.5, 0.6) is 0 Å². The zero-order valence-corrected chi connectivity index (χ0v) is 30.7. The predicted octanol–water partition coefficient (Wildman–Crippen LogP) is 15.4. The van der Waals surface area contributed by atoms with Gasteiger partial charge in [0.1, 0.15) is 11.3 Å². The fourth-order valence-electron chi connectivity index (χ4n) is 7.94. The van der Waals surface area contributed by atoms with E-state index in [0.29, 0.717) is 0 Å². The van der Waals surface area contributed by atoms with Crippen LogP contribution in [0.25, 0.3) is 77.6 Å². The summed E-state index contributed by atoms with van der Waals surface area (Å²) >= 11 is 0. The average molecular weight is 716 g/mol. The van der Waals surface area contributed by atoms with Crippen LogP contribution in [0.3, 0.4) is 0 Å². The third-order valence-corrected chi connectivity index (χ3v) is 10.7. The molecule has 2 nitrogen and oxygen atoms in total. The summed E-state index contributed by atoms with van der Waals surface area (Å²) in [6.45, 7) is 0. The standard InChI is InChI=1S/C54H37NO/c1-2-13-40(14-3-1)47-19-7-8-20-49(47)43-31-35-46(36-32-43)55(52-23-10-9-21-51(52)54-37-44-16-5-11-24-53(44)56-54)45-33-29-39(30-34-45)38-25-27-42(28-26-38)50-22-12-17-41-15-4-6-18-48(41)50/h1-37H. The summed E-state index contributed by atoms with van der Waals surface area (Å²) in [6, 6.07) is 79.9. The lowest BCUT2D eigenvalue weighted by Gasteiger charge is -2.27. The predicted molar refractivity (Wildman–Crippen MR) is 236 cm³/mol. The van der Waals surface area contributed by atoms with Crippen LogP contribution in [0.4, 0.5) is 17.1 Å². The highest BCUT2D eigenvalue weighted by atomic mass is 16.3. The first-order chi connectivity index (χ1) is 27.8. The van der Waals surface area contributed by atoms with Gasteiger partial charge in [-0.05, 0) is 104 Å². The summed E-state index contributed by atoms with van der Waals surface area (Å²) in [4.78, 5) is 2.34. The van der Waals surface area contributed by atoms with Gasteiger partial charge in [0.05, 0.1) is 5.69 Å². The number of benzene rings is 9. The van der Waals surface area contributed by atoms with Gasteiger partial charge in [0.25, 0.3) is 0 Å². The van der Waals surface area contributed by atoms with Crippen molar-refractivity contribution >= 4 is 38.8 Å². The number of fused-ring (bicyclic) bond motifs is 2. The molecule has 264 valence electrons. The largest absolute Gasteiger partial charge is 0.456 e. The van der Waals surface area contributed by atoms with E-state index in [1.807, 2.05) is 12.1 Å². The maximum absolute atomic E-state index is 6.46. The Kier molecular flexibility index (Phi) is 8.55. The van der Waals surface area contributed by atoms with Gasteiger partial charge in [-0.15, -0.1) is 0 Å². The highest BCUT2D eigenvalue weighted by Gasteiger charge is 2.20. The van der Waals surface area contributed by atoms with Crippen LogP contribution in [0, 0.1) is 0 Å². The first-order valence-corrected chi connectivity index (χ1v) is 19.1. The molecule has 0 amide bonds. The highest BCUT2D eigenvalue weighted by molar-refractivity contribution is 5.97. The van der Waals surface area contributed by atoms with Crippen LogP contribution >= 0.6 is 0 Å². The van der Waals surface area contributed by atoms with Crippen LogP contribution in [-0.4, -0.2) is 0 Å². The Morgan fingerprint density at radius 1 is 0.304 bits per heavy atom. The van der Waals surface area contributed by atoms with Gasteiger partial charge in [-0.25, -0.2) is 0 Å². The second kappa shape index (κ2) is 14.4. The third kappa shape index (κ3) is 6.24. The fraction of sp³-hybridized carbons (Fsp3) is 0. The molecule has 56 heavy (non-hydrogen) atoms. The smallest absolute Gasteiger partial charge is 0.137 e. The first-order valence-electron chi connectivity index (χ1n) is 19.1. The molecule has 0 saturated carbocycles. The van der Waals surface area contributed by atoms with Crippen molar-refractivity contribution in [2.45, 2.75) is 0 Å². The van der Waals surface area contributed by atoms with E-state index in [1.165, 1.54) is 49.7 Å². The molecule has 1 heterocycles. The van der Waals surface area contributed by atoms with E-state index in [0.717, 1.165) is 44.9 Å². The van der Waals surface area contributed by atoms with Gasteiger partial charge in [-0.1, -0.05) is 176 Å². The number of para-hydroxylation sites is 2. The summed E-state index contributed by atoms with van der Waals surface area (Å²) < 4.78 is 6.46. The quantitative estimate of drug-likeness (QED) is 0.156. The molecule has 0 bridgehead atoms. The minimum atomic E-state index is 0.836. The molecule has 0 atom stereocenters. The molecule has 0 radical (unpaired) electrons. The minimum Gasteiger partial charge on any atom is -0.456 e. The van der Waals surface area contributed by atoms with Crippen LogP contribution in [-0.2, 0) is 0 Å². The molecule has 2 heteroatoms. The van der Waals surface area contributed by atoms with Crippen LogP contribution in [0.2, 0.25) is 0 Å². The second-order valence-corrected chi connectivity index (χ2v) is 14.1. The molecule has 0 unspecified atom stereocenters. The number of nitrogens with zero attached hydrogens (tertiary/aromatic N) is 1. The monoisotopic (exact) mass is 715 g/mol. The van der Waals surface area contributed by atoms with Crippen molar-refractivity contribution in [2.24, 2.45) is 0 Å². The van der Waals surface area contributed by atoms with Crippen LogP contribution < -0.4 is 4.90 Å². The molecule has 9 aromatic carbocycles. The molecular weight excluding hydrogens is 679 g/mol. The molecule has 0 aliphatic heterocycles. The molecule has 0 saturated heterocycles. The van der Waals surface area contributed by atoms with Crippen LogP contribution in [0.1, 0.15) is 0 Å². The zero-order chi connectivity index (χ0) is 37.3. The number of rotatable bonds is 8. The zero-order valence-electron chi connectivity index (χ0n) is 30.7. The summed E-state index contributed by atoms with van der Waals surface area (Å²) in [5.74, 6) is 0.836. The van der Waals surface area contributed by atoms with Gasteiger partial charge >= 0.3 is 0 Å². The van der Waals surface area contributed by atoms with Gasteiger partial charge in [-0.3, -0.25) is 0 Å². The molecule has 0 aliphatic carbocycles. The van der Waals surface area contributed by atoms with Crippen molar-refractivity contribution in [1.82, 2.24) is 0 Å². The summed E-state index contributed by atoms with van der Waals surface area (Å²) in [6.07, 6.45) is 0. The molecule has 1 aromatic heterocycles. The van der Waals surface area contributed by atoms with Crippen molar-refractivity contribution < 1.29 is 4.42 Å². The Hall–Kier alpha value is -7.42.